The van der Waals surface area contributed by atoms with Gasteiger partial charge < -0.3 is 20.7 Å². The van der Waals surface area contributed by atoms with Crippen LogP contribution in [0.1, 0.15) is 43.2 Å². The van der Waals surface area contributed by atoms with Crippen LogP contribution in [0.2, 0.25) is 0 Å². The normalized spacial score (nSPS) is 14.1. The summed E-state index contributed by atoms with van der Waals surface area (Å²) in [4.78, 5) is 42.8. The summed E-state index contributed by atoms with van der Waals surface area (Å²) in [5.41, 5.74) is 6.21. The molecule has 1 aliphatic heterocycles. The van der Waals surface area contributed by atoms with E-state index in [4.69, 9.17) is 10.5 Å². The van der Waals surface area contributed by atoms with E-state index < -0.39 is 11.9 Å². The van der Waals surface area contributed by atoms with Crippen molar-refractivity contribution in [1.82, 2.24) is 10.3 Å². The van der Waals surface area contributed by atoms with Crippen LogP contribution in [0.25, 0.3) is 0 Å². The van der Waals surface area contributed by atoms with Crippen molar-refractivity contribution in [2.24, 2.45) is 5.73 Å². The number of carbonyl (C=O) groups excluding carboxylic acids is 3. The van der Waals surface area contributed by atoms with E-state index in [0.29, 0.717) is 21.8 Å². The third kappa shape index (κ3) is 5.12. The van der Waals surface area contributed by atoms with E-state index in [1.165, 1.54) is 41.8 Å². The van der Waals surface area contributed by atoms with Crippen molar-refractivity contribution in [2.75, 3.05) is 18.0 Å². The summed E-state index contributed by atoms with van der Waals surface area (Å²) in [5, 5.41) is 3.83. The molecule has 3 N–H and O–H groups in total. The Hall–Kier alpha value is -3.72. The summed E-state index contributed by atoms with van der Waals surface area (Å²) < 4.78 is 5.35. The molecule has 0 aliphatic carbocycles. The summed E-state index contributed by atoms with van der Waals surface area (Å²) in [6.45, 7) is 1.46. The monoisotopic (exact) mass is 450 g/mol. The summed E-state index contributed by atoms with van der Waals surface area (Å²) in [7, 11) is 0. The third-order valence-corrected chi connectivity index (χ3v) is 6.22. The highest BCUT2D eigenvalue weighted by Crippen LogP contribution is 2.27. The van der Waals surface area contributed by atoms with Crippen LogP contribution in [0.4, 0.5) is 5.13 Å². The van der Waals surface area contributed by atoms with Crippen LogP contribution in [0.3, 0.4) is 0 Å². The molecule has 9 heteroatoms. The van der Waals surface area contributed by atoms with E-state index in [-0.39, 0.29) is 11.9 Å². The number of anilines is 1. The van der Waals surface area contributed by atoms with Gasteiger partial charge in [0.2, 0.25) is 5.91 Å². The summed E-state index contributed by atoms with van der Waals surface area (Å²) in [5.74, 6) is -0.791. The summed E-state index contributed by atoms with van der Waals surface area (Å²) >= 11 is 1.27. The topological polar surface area (TPSA) is 115 Å². The van der Waals surface area contributed by atoms with E-state index in [1.54, 1.807) is 12.1 Å². The molecular weight excluding hydrogens is 428 g/mol. The van der Waals surface area contributed by atoms with E-state index >= 15 is 0 Å². The first-order valence-corrected chi connectivity index (χ1v) is 11.0. The molecule has 32 heavy (non-hydrogen) atoms. The molecule has 164 valence electrons. The van der Waals surface area contributed by atoms with Crippen molar-refractivity contribution in [1.29, 1.82) is 0 Å². The SMILES string of the molecule is NC(=O)c1ccc(OC(=O)c2cnc(N3CCC(NC(=O)c4ccccc4)CC3)s2)cc1. The Kier molecular flexibility index (Phi) is 6.46. The van der Waals surface area contributed by atoms with Gasteiger partial charge in [-0.05, 0) is 49.2 Å². The molecule has 0 saturated carbocycles. The van der Waals surface area contributed by atoms with Crippen molar-refractivity contribution in [3.05, 3.63) is 76.8 Å². The van der Waals surface area contributed by atoms with Crippen molar-refractivity contribution in [2.45, 2.75) is 18.9 Å². The number of hydrogen-bond acceptors (Lipinski definition) is 7. The average Bonchev–Trinajstić information content (AvgIpc) is 3.31. The lowest BCUT2D eigenvalue weighted by Crippen LogP contribution is -2.44. The van der Waals surface area contributed by atoms with Crippen LogP contribution < -0.4 is 20.7 Å². The number of ether oxygens (including phenoxy) is 1. The van der Waals surface area contributed by atoms with Gasteiger partial charge in [-0.2, -0.15) is 0 Å². The molecule has 2 aromatic carbocycles. The molecule has 8 nitrogen and oxygen atoms in total. The fourth-order valence-electron chi connectivity index (χ4n) is 3.42. The number of carbonyl (C=O) groups is 3. The van der Waals surface area contributed by atoms with E-state index in [0.717, 1.165) is 31.1 Å². The maximum Gasteiger partial charge on any atom is 0.355 e. The number of aromatic nitrogens is 1. The molecule has 4 rings (SSSR count). The Labute approximate surface area is 189 Å². The number of rotatable bonds is 6. The number of nitrogens with zero attached hydrogens (tertiary/aromatic N) is 2. The van der Waals surface area contributed by atoms with Crippen LogP contribution in [-0.2, 0) is 0 Å². The minimum Gasteiger partial charge on any atom is -0.422 e. The van der Waals surface area contributed by atoms with Gasteiger partial charge in [-0.1, -0.05) is 29.5 Å². The molecule has 2 amide bonds. The first-order valence-electron chi connectivity index (χ1n) is 10.2. The second kappa shape index (κ2) is 9.61. The highest BCUT2D eigenvalue weighted by Gasteiger charge is 2.24. The third-order valence-electron chi connectivity index (χ3n) is 5.18. The molecule has 3 aromatic rings. The molecule has 1 fully saturated rings. The number of nitrogens with two attached hydrogens (primary N) is 1. The van der Waals surface area contributed by atoms with Gasteiger partial charge in [0, 0.05) is 30.3 Å². The summed E-state index contributed by atoms with van der Waals surface area (Å²) in [6, 6.07) is 15.3. The lowest BCUT2D eigenvalue weighted by molar-refractivity contribution is 0.0739. The van der Waals surface area contributed by atoms with Crippen LogP contribution in [0.15, 0.2) is 60.8 Å². The standard InChI is InChI=1S/C23H22N4O4S/c24-20(28)15-6-8-18(9-7-15)31-22(30)19-14-25-23(32-19)27-12-10-17(11-13-27)26-21(29)16-4-2-1-3-5-16/h1-9,14,17H,10-13H2,(H2,24,28)(H,26,29). The van der Waals surface area contributed by atoms with Gasteiger partial charge in [0.25, 0.3) is 5.91 Å². The second-order valence-electron chi connectivity index (χ2n) is 7.39. The van der Waals surface area contributed by atoms with Crippen molar-refractivity contribution in [3.8, 4) is 5.75 Å². The Morgan fingerprint density at radius 3 is 2.34 bits per heavy atom. The van der Waals surface area contributed by atoms with Crippen molar-refractivity contribution >= 4 is 34.3 Å². The van der Waals surface area contributed by atoms with Gasteiger partial charge in [-0.15, -0.1) is 0 Å². The fraction of sp³-hybridized carbons (Fsp3) is 0.217. The van der Waals surface area contributed by atoms with Gasteiger partial charge in [0.15, 0.2) is 5.13 Å². The van der Waals surface area contributed by atoms with Gasteiger partial charge in [-0.25, -0.2) is 9.78 Å². The van der Waals surface area contributed by atoms with Gasteiger partial charge >= 0.3 is 5.97 Å². The number of piperidine rings is 1. The van der Waals surface area contributed by atoms with E-state index in [1.807, 2.05) is 18.2 Å². The Balaban J connectivity index is 1.30. The molecule has 2 heterocycles. The van der Waals surface area contributed by atoms with Crippen molar-refractivity contribution in [3.63, 3.8) is 0 Å². The van der Waals surface area contributed by atoms with Crippen LogP contribution >= 0.6 is 11.3 Å². The predicted octanol–water partition coefficient (Wildman–Crippen LogP) is 2.86. The number of amides is 2. The maximum absolute atomic E-state index is 12.4. The average molecular weight is 451 g/mol. The Morgan fingerprint density at radius 2 is 1.69 bits per heavy atom. The number of hydrogen-bond donors (Lipinski definition) is 2. The fourth-order valence-corrected chi connectivity index (χ4v) is 4.27. The molecule has 0 radical (unpaired) electrons. The lowest BCUT2D eigenvalue weighted by atomic mass is 10.0. The minimum absolute atomic E-state index is 0.0628. The van der Waals surface area contributed by atoms with Crippen LogP contribution in [0, 0.1) is 0 Å². The van der Waals surface area contributed by atoms with E-state index in [9.17, 15) is 14.4 Å². The van der Waals surface area contributed by atoms with Gasteiger partial charge in [0.1, 0.15) is 10.6 Å². The molecular formula is C23H22N4O4S. The van der Waals surface area contributed by atoms with Crippen LogP contribution in [-0.4, -0.2) is 41.9 Å². The first-order chi connectivity index (χ1) is 15.5. The predicted molar refractivity (Wildman–Crippen MR) is 121 cm³/mol. The minimum atomic E-state index is -0.543. The molecule has 0 spiro atoms. The lowest BCUT2D eigenvalue weighted by Gasteiger charge is -2.32. The number of benzene rings is 2. The molecule has 0 unspecified atom stereocenters. The van der Waals surface area contributed by atoms with E-state index in [2.05, 4.69) is 15.2 Å². The Bertz CT molecular complexity index is 1110. The van der Waals surface area contributed by atoms with Gasteiger partial charge in [0.05, 0.1) is 6.20 Å². The largest absolute Gasteiger partial charge is 0.422 e. The van der Waals surface area contributed by atoms with Crippen LogP contribution in [0.5, 0.6) is 5.75 Å². The number of primary amides is 1. The second-order valence-corrected chi connectivity index (χ2v) is 8.40. The first kappa shape index (κ1) is 21.5. The zero-order valence-corrected chi connectivity index (χ0v) is 18.0. The smallest absolute Gasteiger partial charge is 0.355 e. The Morgan fingerprint density at radius 1 is 1.00 bits per heavy atom. The number of esters is 1. The highest BCUT2D eigenvalue weighted by atomic mass is 32.1. The molecule has 1 saturated heterocycles. The number of nitrogens with one attached hydrogen (secondary N) is 1. The van der Waals surface area contributed by atoms with Gasteiger partial charge in [-0.3, -0.25) is 9.59 Å². The highest BCUT2D eigenvalue weighted by molar-refractivity contribution is 7.17. The van der Waals surface area contributed by atoms with Crippen molar-refractivity contribution < 1.29 is 19.1 Å². The summed E-state index contributed by atoms with van der Waals surface area (Å²) in [6.07, 6.45) is 3.09. The molecule has 1 aromatic heterocycles. The maximum atomic E-state index is 12.4. The molecule has 0 bridgehead atoms. The quantitative estimate of drug-likeness (QED) is 0.441. The zero-order chi connectivity index (χ0) is 22.5. The number of thiazole rings is 1. The molecule has 0 atom stereocenters. The zero-order valence-electron chi connectivity index (χ0n) is 17.2. The molecule has 1 aliphatic rings.